The second kappa shape index (κ2) is 9.55. The van der Waals surface area contributed by atoms with Crippen molar-refractivity contribution in [2.24, 2.45) is 0 Å². The van der Waals surface area contributed by atoms with Gasteiger partial charge in [-0.15, -0.1) is 0 Å². The second-order valence-electron chi connectivity index (χ2n) is 7.65. The van der Waals surface area contributed by atoms with Crippen LogP contribution in [0.25, 0.3) is 22.0 Å². The minimum Gasteiger partial charge on any atom is -0.305 e. The van der Waals surface area contributed by atoms with Crippen LogP contribution in [0.1, 0.15) is 10.4 Å². The summed E-state index contributed by atoms with van der Waals surface area (Å²) in [6.07, 6.45) is 0. The number of fused-ring (bicyclic) bond motifs is 1. The van der Waals surface area contributed by atoms with Crippen molar-refractivity contribution in [1.29, 1.82) is 0 Å². The number of aromatic nitrogens is 2. The highest BCUT2D eigenvalue weighted by atomic mass is 35.5. The SMILES string of the molecule is O=C(Nc1n[nH]c2cc(-c3ccc(F)cc3NS(=O)(=O)c3cccc(Cl)c3Cl)ccc12)c1ccsc1. The molecule has 3 aromatic carbocycles. The lowest BCUT2D eigenvalue weighted by atomic mass is 10.0. The second-order valence-corrected chi connectivity index (χ2v) is 10.9. The molecule has 3 N–H and O–H groups in total. The van der Waals surface area contributed by atoms with Crippen LogP contribution in [-0.2, 0) is 10.0 Å². The number of nitrogens with one attached hydrogen (secondary N) is 3. The van der Waals surface area contributed by atoms with Gasteiger partial charge in [0.15, 0.2) is 5.82 Å². The maximum Gasteiger partial charge on any atom is 0.263 e. The molecule has 0 bridgehead atoms. The highest BCUT2D eigenvalue weighted by Crippen LogP contribution is 2.35. The van der Waals surface area contributed by atoms with E-state index in [1.165, 1.54) is 41.7 Å². The van der Waals surface area contributed by atoms with Crippen molar-refractivity contribution in [3.05, 3.63) is 92.8 Å². The molecule has 0 aliphatic carbocycles. The number of thiophene rings is 1. The molecule has 1 amide bonds. The van der Waals surface area contributed by atoms with E-state index in [0.29, 0.717) is 33.4 Å². The first kappa shape index (κ1) is 24.3. The van der Waals surface area contributed by atoms with Crippen LogP contribution in [-0.4, -0.2) is 24.5 Å². The van der Waals surface area contributed by atoms with Gasteiger partial charge in [0.1, 0.15) is 10.7 Å². The smallest absolute Gasteiger partial charge is 0.263 e. The zero-order chi connectivity index (χ0) is 25.4. The predicted molar refractivity (Wildman–Crippen MR) is 141 cm³/mol. The number of benzene rings is 3. The maximum absolute atomic E-state index is 14.1. The lowest BCUT2D eigenvalue weighted by Gasteiger charge is -2.14. The lowest BCUT2D eigenvalue weighted by molar-refractivity contribution is 0.102. The van der Waals surface area contributed by atoms with E-state index >= 15 is 0 Å². The van der Waals surface area contributed by atoms with Gasteiger partial charge in [0, 0.05) is 16.3 Å². The Morgan fingerprint density at radius 1 is 1.06 bits per heavy atom. The van der Waals surface area contributed by atoms with Crippen LogP contribution in [0.4, 0.5) is 15.9 Å². The fraction of sp³-hybridized carbons (Fsp3) is 0. The zero-order valence-corrected chi connectivity index (χ0v) is 21.2. The minimum atomic E-state index is -4.19. The number of sulfonamides is 1. The van der Waals surface area contributed by atoms with Gasteiger partial charge in [-0.25, -0.2) is 12.8 Å². The van der Waals surface area contributed by atoms with Gasteiger partial charge < -0.3 is 5.32 Å². The predicted octanol–water partition coefficient (Wildman–Crippen LogP) is 6.79. The standard InChI is InChI=1S/C24H15Cl2FN4O3S2/c25-18-2-1-3-21(22(18)26)36(33,34)31-20-11-15(27)5-7-16(20)13-4-6-17-19(10-13)29-30-23(17)28-24(32)14-8-9-35-12-14/h1-12,31H,(H2,28,29,30,32). The number of hydrogen-bond acceptors (Lipinski definition) is 5. The summed E-state index contributed by atoms with van der Waals surface area (Å²) in [7, 11) is -4.19. The number of rotatable bonds is 6. The molecule has 0 aliphatic rings. The van der Waals surface area contributed by atoms with E-state index in [4.69, 9.17) is 23.2 Å². The third-order valence-electron chi connectivity index (χ3n) is 5.32. The van der Waals surface area contributed by atoms with Crippen molar-refractivity contribution >= 4 is 72.9 Å². The molecule has 0 atom stereocenters. The van der Waals surface area contributed by atoms with Crippen LogP contribution in [0, 0.1) is 5.82 Å². The number of H-pyrrole nitrogens is 1. The molecule has 0 unspecified atom stereocenters. The van der Waals surface area contributed by atoms with Gasteiger partial charge in [-0.05, 0) is 59.5 Å². The molecule has 36 heavy (non-hydrogen) atoms. The van der Waals surface area contributed by atoms with Gasteiger partial charge in [-0.1, -0.05) is 35.3 Å². The van der Waals surface area contributed by atoms with Crippen molar-refractivity contribution in [3.63, 3.8) is 0 Å². The van der Waals surface area contributed by atoms with Crippen molar-refractivity contribution < 1.29 is 17.6 Å². The van der Waals surface area contributed by atoms with Gasteiger partial charge >= 0.3 is 0 Å². The summed E-state index contributed by atoms with van der Waals surface area (Å²) in [5, 5.41) is 13.9. The van der Waals surface area contributed by atoms with E-state index in [-0.39, 0.29) is 26.5 Å². The number of nitrogens with zero attached hydrogens (tertiary/aromatic N) is 1. The lowest BCUT2D eigenvalue weighted by Crippen LogP contribution is -2.14. The van der Waals surface area contributed by atoms with Crippen molar-refractivity contribution in [3.8, 4) is 11.1 Å². The van der Waals surface area contributed by atoms with E-state index < -0.39 is 15.8 Å². The first-order chi connectivity index (χ1) is 17.2. The van der Waals surface area contributed by atoms with Crippen LogP contribution in [0.5, 0.6) is 0 Å². The number of anilines is 2. The molecule has 12 heteroatoms. The third kappa shape index (κ3) is 4.68. The Labute approximate surface area is 218 Å². The summed E-state index contributed by atoms with van der Waals surface area (Å²) in [5.41, 5.74) is 2.12. The van der Waals surface area contributed by atoms with Crippen molar-refractivity contribution in [2.45, 2.75) is 4.90 Å². The molecule has 0 radical (unpaired) electrons. The van der Waals surface area contributed by atoms with E-state index in [1.807, 2.05) is 0 Å². The molecule has 0 saturated carbocycles. The summed E-state index contributed by atoms with van der Waals surface area (Å²) >= 11 is 13.5. The van der Waals surface area contributed by atoms with E-state index in [1.54, 1.807) is 35.0 Å². The average Bonchev–Trinajstić information content (AvgIpc) is 3.51. The topological polar surface area (TPSA) is 104 Å². The summed E-state index contributed by atoms with van der Waals surface area (Å²) in [5.74, 6) is -0.568. The van der Waals surface area contributed by atoms with Crippen LogP contribution < -0.4 is 10.0 Å². The fourth-order valence-electron chi connectivity index (χ4n) is 3.60. The Morgan fingerprint density at radius 2 is 1.89 bits per heavy atom. The molecule has 7 nitrogen and oxygen atoms in total. The van der Waals surface area contributed by atoms with Gasteiger partial charge in [0.2, 0.25) is 0 Å². The first-order valence-corrected chi connectivity index (χ1v) is 13.5. The van der Waals surface area contributed by atoms with Gasteiger partial charge in [0.05, 0.1) is 26.8 Å². The monoisotopic (exact) mass is 560 g/mol. The summed E-state index contributed by atoms with van der Waals surface area (Å²) < 4.78 is 42.7. The van der Waals surface area contributed by atoms with Gasteiger partial charge in [-0.3, -0.25) is 14.6 Å². The Hall–Kier alpha value is -3.44. The molecule has 0 spiro atoms. The number of amides is 1. The molecular weight excluding hydrogens is 546 g/mol. The molecule has 5 aromatic rings. The van der Waals surface area contributed by atoms with Crippen LogP contribution in [0.15, 0.2) is 76.3 Å². The Balaban J connectivity index is 1.50. The van der Waals surface area contributed by atoms with Gasteiger partial charge in [0.25, 0.3) is 15.9 Å². The molecule has 2 aromatic heterocycles. The molecule has 2 heterocycles. The molecule has 0 aliphatic heterocycles. The zero-order valence-electron chi connectivity index (χ0n) is 18.1. The normalized spacial score (nSPS) is 11.5. The number of hydrogen-bond donors (Lipinski definition) is 3. The quantitative estimate of drug-likeness (QED) is 0.212. The summed E-state index contributed by atoms with van der Waals surface area (Å²) in [6, 6.07) is 14.9. The van der Waals surface area contributed by atoms with E-state index in [2.05, 4.69) is 20.2 Å². The average molecular weight is 561 g/mol. The largest absolute Gasteiger partial charge is 0.305 e. The summed E-state index contributed by atoms with van der Waals surface area (Å²) in [4.78, 5) is 12.2. The summed E-state index contributed by atoms with van der Waals surface area (Å²) in [6.45, 7) is 0. The Bertz CT molecular complexity index is 1720. The number of carbonyl (C=O) groups is 1. The van der Waals surface area contributed by atoms with Crippen molar-refractivity contribution in [2.75, 3.05) is 10.0 Å². The molecular formula is C24H15Cl2FN4O3S2. The van der Waals surface area contributed by atoms with Gasteiger partial charge in [-0.2, -0.15) is 16.4 Å². The van der Waals surface area contributed by atoms with Crippen LogP contribution >= 0.6 is 34.5 Å². The Morgan fingerprint density at radius 3 is 2.67 bits per heavy atom. The minimum absolute atomic E-state index is 0.0101. The molecule has 0 saturated heterocycles. The van der Waals surface area contributed by atoms with Crippen LogP contribution in [0.2, 0.25) is 10.0 Å². The molecule has 0 fully saturated rings. The highest BCUT2D eigenvalue weighted by Gasteiger charge is 2.22. The molecule has 5 rings (SSSR count). The highest BCUT2D eigenvalue weighted by molar-refractivity contribution is 7.92. The number of carbonyl (C=O) groups excluding carboxylic acids is 1. The van der Waals surface area contributed by atoms with Crippen LogP contribution in [0.3, 0.4) is 0 Å². The van der Waals surface area contributed by atoms with E-state index in [9.17, 15) is 17.6 Å². The first-order valence-electron chi connectivity index (χ1n) is 10.3. The number of aromatic amines is 1. The third-order valence-corrected chi connectivity index (χ3v) is 8.34. The van der Waals surface area contributed by atoms with E-state index in [0.717, 1.165) is 6.07 Å². The molecule has 182 valence electrons. The Kier molecular flexibility index (Phi) is 6.44. The maximum atomic E-state index is 14.1. The fourth-order valence-corrected chi connectivity index (χ4v) is 6.07. The number of halogens is 3. The van der Waals surface area contributed by atoms with Crippen molar-refractivity contribution in [1.82, 2.24) is 10.2 Å².